The van der Waals surface area contributed by atoms with Gasteiger partial charge in [0.05, 0.1) is 11.1 Å². The number of benzene rings is 1. The lowest BCUT2D eigenvalue weighted by Crippen LogP contribution is -2.63. The van der Waals surface area contributed by atoms with Crippen LogP contribution >= 0.6 is 11.6 Å². The highest BCUT2D eigenvalue weighted by Crippen LogP contribution is 2.55. The second-order valence-corrected chi connectivity index (χ2v) is 13.4. The molecule has 1 atom stereocenters. The van der Waals surface area contributed by atoms with E-state index in [1.54, 1.807) is 0 Å². The fourth-order valence-electron chi connectivity index (χ4n) is 6.43. The van der Waals surface area contributed by atoms with E-state index in [1.165, 1.54) is 12.3 Å². The number of nitrogen functional groups attached to an aromatic ring is 1. The van der Waals surface area contributed by atoms with Gasteiger partial charge in [0, 0.05) is 87.2 Å². The summed E-state index contributed by atoms with van der Waals surface area (Å²) in [5.74, 6) is 1.92. The first-order valence-electron chi connectivity index (χ1n) is 12.6. The number of anilines is 2. The number of likely N-dealkylation sites (tertiary alicyclic amines) is 1. The molecule has 3 fully saturated rings. The van der Waals surface area contributed by atoms with Crippen molar-refractivity contribution in [3.63, 3.8) is 0 Å². The monoisotopic (exact) mass is 542 g/mol. The van der Waals surface area contributed by atoms with E-state index >= 15 is 0 Å². The normalized spacial score (nSPS) is 22.5. The molecule has 3 heterocycles. The summed E-state index contributed by atoms with van der Waals surface area (Å²) in [6.45, 7) is 13.9. The van der Waals surface area contributed by atoms with Gasteiger partial charge in [-0.1, -0.05) is 18.2 Å². The summed E-state index contributed by atoms with van der Waals surface area (Å²) in [5.41, 5.74) is 10.7. The first-order chi connectivity index (χ1) is 17.4. The van der Waals surface area contributed by atoms with Gasteiger partial charge in [0.1, 0.15) is 0 Å². The summed E-state index contributed by atoms with van der Waals surface area (Å²) in [5, 5.41) is 13.9. The number of carbonyl (C=O) groups is 1. The van der Waals surface area contributed by atoms with Gasteiger partial charge >= 0.3 is 0 Å². The number of carbonyl (C=O) groups excluding carboxylic acids is 1. The van der Waals surface area contributed by atoms with Gasteiger partial charge in [-0.3, -0.25) is 13.7 Å². The van der Waals surface area contributed by atoms with Crippen LogP contribution in [0.5, 0.6) is 0 Å². The average molecular weight is 543 g/mol. The predicted molar refractivity (Wildman–Crippen MR) is 151 cm³/mol. The molecule has 1 spiro atoms. The van der Waals surface area contributed by atoms with Crippen LogP contribution in [0.15, 0.2) is 18.7 Å². The van der Waals surface area contributed by atoms with E-state index in [4.69, 9.17) is 27.8 Å². The highest BCUT2D eigenvalue weighted by molar-refractivity contribution is 7.85. The lowest BCUT2D eigenvalue weighted by Gasteiger charge is -2.58. The van der Waals surface area contributed by atoms with E-state index in [2.05, 4.69) is 36.9 Å². The minimum atomic E-state index is -0.881. The standard InChI is InChI=1S/C27H35ClN6O2S/c1-6-21(35)32-13-27(14-32)10-18(11-27)34-17(3)22(23-19(12-29)20(30)9-16(2)24(23)28)25(31-34)33-7-8-37(36)15-26(33,4)5/h6,9,12,18,29H,1,7-8,10-11,13-15,30H2,2-5H3. The second kappa shape index (κ2) is 8.98. The van der Waals surface area contributed by atoms with Crippen LogP contribution in [0.2, 0.25) is 5.02 Å². The van der Waals surface area contributed by atoms with Gasteiger partial charge in [-0.15, -0.1) is 0 Å². The summed E-state index contributed by atoms with van der Waals surface area (Å²) in [7, 11) is -0.881. The van der Waals surface area contributed by atoms with Crippen molar-refractivity contribution in [2.75, 3.05) is 41.8 Å². The molecule has 37 heavy (non-hydrogen) atoms. The summed E-state index contributed by atoms with van der Waals surface area (Å²) in [4.78, 5) is 16.1. The van der Waals surface area contributed by atoms with Gasteiger partial charge < -0.3 is 20.9 Å². The van der Waals surface area contributed by atoms with Crippen molar-refractivity contribution >= 4 is 46.0 Å². The zero-order valence-corrected chi connectivity index (χ0v) is 23.5. The average Bonchev–Trinajstić information content (AvgIpc) is 3.09. The molecular formula is C27H35ClN6O2S. The number of hydrogen-bond donors (Lipinski definition) is 2. The van der Waals surface area contributed by atoms with E-state index in [9.17, 15) is 9.00 Å². The summed E-state index contributed by atoms with van der Waals surface area (Å²) in [6, 6.07) is 2.02. The Labute approximate surface area is 225 Å². The number of amides is 1. The van der Waals surface area contributed by atoms with E-state index in [1.807, 2.05) is 17.9 Å². The van der Waals surface area contributed by atoms with Crippen molar-refractivity contribution in [1.29, 1.82) is 5.41 Å². The highest BCUT2D eigenvalue weighted by atomic mass is 35.5. The topological polar surface area (TPSA) is 108 Å². The molecule has 0 radical (unpaired) electrons. The molecule has 0 bridgehead atoms. The molecule has 3 N–H and O–H groups in total. The van der Waals surface area contributed by atoms with Crippen molar-refractivity contribution in [1.82, 2.24) is 14.7 Å². The molecule has 1 unspecified atom stereocenters. The molecule has 1 saturated carbocycles. The van der Waals surface area contributed by atoms with Gasteiger partial charge in [0.2, 0.25) is 5.91 Å². The maximum atomic E-state index is 12.5. The van der Waals surface area contributed by atoms with E-state index in [0.717, 1.165) is 54.1 Å². The molecule has 1 amide bonds. The van der Waals surface area contributed by atoms with Gasteiger partial charge in [-0.25, -0.2) is 0 Å². The molecule has 8 nitrogen and oxygen atoms in total. The maximum absolute atomic E-state index is 12.5. The van der Waals surface area contributed by atoms with Gasteiger partial charge in [-0.05, 0) is 58.2 Å². The van der Waals surface area contributed by atoms with Gasteiger partial charge in [0.15, 0.2) is 5.82 Å². The summed E-state index contributed by atoms with van der Waals surface area (Å²) in [6.07, 6.45) is 4.54. The van der Waals surface area contributed by atoms with Crippen LogP contribution in [0.1, 0.15) is 49.6 Å². The van der Waals surface area contributed by atoms with Crippen LogP contribution in [-0.4, -0.2) is 67.7 Å². The second-order valence-electron chi connectivity index (χ2n) is 11.5. The molecule has 2 aromatic rings. The SMILES string of the molecule is C=CC(=O)N1CC2(CC(n3nc(N4CCS(=O)CC4(C)C)c(-c4c(Cl)c(C)cc(N)c4C=N)c3C)C2)C1. The molecule has 1 aromatic heterocycles. The number of aryl methyl sites for hydroxylation is 1. The van der Waals surface area contributed by atoms with Crippen LogP contribution in [0.4, 0.5) is 11.5 Å². The van der Waals surface area contributed by atoms with Gasteiger partial charge in [-0.2, -0.15) is 5.10 Å². The predicted octanol–water partition coefficient (Wildman–Crippen LogP) is 4.10. The quantitative estimate of drug-likeness (QED) is 0.336. The van der Waals surface area contributed by atoms with Crippen LogP contribution in [0.3, 0.4) is 0 Å². The third-order valence-electron chi connectivity index (χ3n) is 8.31. The minimum absolute atomic E-state index is 0.00974. The minimum Gasteiger partial charge on any atom is -0.398 e. The first kappa shape index (κ1) is 26.0. The van der Waals surface area contributed by atoms with Crippen molar-refractivity contribution in [3.05, 3.63) is 40.6 Å². The Morgan fingerprint density at radius 2 is 1.97 bits per heavy atom. The van der Waals surface area contributed by atoms with Gasteiger partial charge in [0.25, 0.3) is 0 Å². The van der Waals surface area contributed by atoms with E-state index in [0.29, 0.717) is 34.3 Å². The molecule has 198 valence electrons. The van der Waals surface area contributed by atoms with Crippen LogP contribution in [-0.2, 0) is 15.6 Å². The Hall–Kier alpha value is -2.65. The number of hydrogen-bond acceptors (Lipinski definition) is 6. The third-order valence-corrected chi connectivity index (χ3v) is 10.5. The lowest BCUT2D eigenvalue weighted by atomic mass is 9.60. The molecular weight excluding hydrogens is 508 g/mol. The molecule has 2 aliphatic heterocycles. The Balaban J connectivity index is 1.60. The van der Waals surface area contributed by atoms with Crippen molar-refractivity contribution < 1.29 is 9.00 Å². The number of nitrogens with zero attached hydrogens (tertiary/aromatic N) is 4. The molecule has 1 aromatic carbocycles. The van der Waals surface area contributed by atoms with E-state index < -0.39 is 10.8 Å². The van der Waals surface area contributed by atoms with E-state index in [-0.39, 0.29) is 22.9 Å². The molecule has 5 rings (SSSR count). The fraction of sp³-hybridized carbons (Fsp3) is 0.519. The number of rotatable bonds is 5. The van der Waals surface area contributed by atoms with Crippen molar-refractivity contribution in [2.45, 2.75) is 52.1 Å². The lowest BCUT2D eigenvalue weighted by molar-refractivity contribution is -0.149. The van der Waals surface area contributed by atoms with Crippen LogP contribution < -0.4 is 10.6 Å². The number of aromatic nitrogens is 2. The zero-order chi connectivity index (χ0) is 26.9. The third kappa shape index (κ3) is 4.11. The molecule has 2 saturated heterocycles. The summed E-state index contributed by atoms with van der Waals surface area (Å²) >= 11 is 6.93. The maximum Gasteiger partial charge on any atom is 0.245 e. The van der Waals surface area contributed by atoms with Crippen LogP contribution in [0.25, 0.3) is 11.1 Å². The number of nitrogens with one attached hydrogen (secondary N) is 1. The molecule has 1 aliphatic carbocycles. The summed E-state index contributed by atoms with van der Waals surface area (Å²) < 4.78 is 14.6. The van der Waals surface area contributed by atoms with Crippen LogP contribution in [0, 0.1) is 24.7 Å². The first-order valence-corrected chi connectivity index (χ1v) is 14.5. The highest BCUT2D eigenvalue weighted by Gasteiger charge is 2.54. The number of halogens is 1. The smallest absolute Gasteiger partial charge is 0.245 e. The van der Waals surface area contributed by atoms with Crippen molar-refractivity contribution in [3.8, 4) is 11.1 Å². The largest absolute Gasteiger partial charge is 0.398 e. The molecule has 3 aliphatic rings. The Kier molecular flexibility index (Phi) is 6.30. The zero-order valence-electron chi connectivity index (χ0n) is 21.9. The fourth-order valence-corrected chi connectivity index (χ4v) is 8.15. The number of nitrogens with two attached hydrogens (primary N) is 1. The van der Waals surface area contributed by atoms with Crippen molar-refractivity contribution in [2.24, 2.45) is 5.41 Å². The Morgan fingerprint density at radius 3 is 2.57 bits per heavy atom. The molecule has 10 heteroatoms. The Morgan fingerprint density at radius 1 is 1.30 bits per heavy atom. The Bertz CT molecular complexity index is 1340.